The molecule has 2 aliphatic carbocycles. The zero-order valence-electron chi connectivity index (χ0n) is 14.9. The van der Waals surface area contributed by atoms with Crippen molar-refractivity contribution in [3.05, 3.63) is 12.2 Å². The number of nitrogens with one attached hydrogen (secondary N) is 2. The van der Waals surface area contributed by atoms with Crippen molar-refractivity contribution in [2.45, 2.75) is 55.8 Å². The number of hydrogen-bond acceptors (Lipinski definition) is 4. The largest absolute Gasteiger partial charge is 0.406 e. The van der Waals surface area contributed by atoms with E-state index in [9.17, 15) is 18.0 Å². The minimum absolute atomic E-state index is 0.0268. The maximum Gasteiger partial charge on any atom is 0.406 e. The maximum absolute atomic E-state index is 13.0. The van der Waals surface area contributed by atoms with Gasteiger partial charge in [-0.1, -0.05) is 0 Å². The molecule has 4 fully saturated rings. The summed E-state index contributed by atoms with van der Waals surface area (Å²) >= 11 is 0. The lowest BCUT2D eigenvalue weighted by molar-refractivity contribution is -0.175. The number of likely N-dealkylation sites (tertiary alicyclic amines) is 2. The second-order valence-corrected chi connectivity index (χ2v) is 8.77. The van der Waals surface area contributed by atoms with Gasteiger partial charge in [0, 0.05) is 43.6 Å². The average Bonchev–Trinajstić information content (AvgIpc) is 2.98. The summed E-state index contributed by atoms with van der Waals surface area (Å²) in [7, 11) is 0. The van der Waals surface area contributed by atoms with E-state index in [1.54, 1.807) is 0 Å². The summed E-state index contributed by atoms with van der Waals surface area (Å²) in [6.45, 7) is 2.65. The number of rotatable bonds is 3. The van der Waals surface area contributed by atoms with Gasteiger partial charge in [0.1, 0.15) is 17.7 Å². The number of nitrogens with zero attached hydrogens (tertiary/aromatic N) is 4. The van der Waals surface area contributed by atoms with Crippen molar-refractivity contribution in [3.63, 3.8) is 0 Å². The first-order valence-corrected chi connectivity index (χ1v) is 9.53. The Hall–Kier alpha value is -1.84. The zero-order valence-corrected chi connectivity index (χ0v) is 14.9. The highest BCUT2D eigenvalue weighted by Gasteiger charge is 2.66. The highest BCUT2D eigenvalue weighted by molar-refractivity contribution is 5.76. The lowest BCUT2D eigenvalue weighted by Gasteiger charge is -2.60. The first kappa shape index (κ1) is 17.3. The van der Waals surface area contributed by atoms with Gasteiger partial charge in [0.15, 0.2) is 0 Å². The van der Waals surface area contributed by atoms with E-state index in [0.29, 0.717) is 26.2 Å². The smallest absolute Gasteiger partial charge is 0.324 e. The molecule has 0 radical (unpaired) electrons. The van der Waals surface area contributed by atoms with E-state index in [0.717, 1.165) is 25.1 Å². The molecular weight excluding hydrogens is 361 g/mol. The fourth-order valence-corrected chi connectivity index (χ4v) is 5.04. The molecule has 2 aliphatic heterocycles. The van der Waals surface area contributed by atoms with Gasteiger partial charge >= 0.3 is 12.2 Å². The van der Waals surface area contributed by atoms with Gasteiger partial charge in [-0.25, -0.2) is 9.78 Å². The number of aromatic nitrogens is 3. The summed E-state index contributed by atoms with van der Waals surface area (Å²) in [5.41, 5.74) is -1.61. The van der Waals surface area contributed by atoms with Crippen molar-refractivity contribution < 1.29 is 18.0 Å². The van der Waals surface area contributed by atoms with E-state index in [4.69, 9.17) is 0 Å². The molecule has 0 bridgehead atoms. The number of H-pyrrole nitrogens is 1. The number of alkyl halides is 3. The van der Waals surface area contributed by atoms with E-state index >= 15 is 0 Å². The van der Waals surface area contributed by atoms with Crippen LogP contribution in [0.4, 0.5) is 18.0 Å². The quantitative estimate of drug-likeness (QED) is 0.834. The van der Waals surface area contributed by atoms with Gasteiger partial charge in [-0.05, 0) is 32.1 Å². The van der Waals surface area contributed by atoms with Crippen molar-refractivity contribution in [2.75, 3.05) is 26.2 Å². The van der Waals surface area contributed by atoms with E-state index < -0.39 is 11.7 Å². The van der Waals surface area contributed by atoms with Crippen LogP contribution in [0.1, 0.15) is 43.8 Å². The molecule has 5 rings (SSSR count). The molecule has 2 N–H and O–H groups in total. The second kappa shape index (κ2) is 5.59. The summed E-state index contributed by atoms with van der Waals surface area (Å²) in [4.78, 5) is 20.5. The van der Waals surface area contributed by atoms with Crippen LogP contribution in [0, 0.1) is 5.41 Å². The van der Waals surface area contributed by atoms with E-state index in [1.165, 1.54) is 6.33 Å². The fourth-order valence-electron chi connectivity index (χ4n) is 5.04. The third-order valence-electron chi connectivity index (χ3n) is 6.73. The van der Waals surface area contributed by atoms with Crippen LogP contribution in [-0.2, 0) is 0 Å². The highest BCUT2D eigenvalue weighted by Crippen LogP contribution is 2.54. The van der Waals surface area contributed by atoms with Gasteiger partial charge in [0.25, 0.3) is 0 Å². The number of urea groups is 1. The van der Waals surface area contributed by atoms with Crippen molar-refractivity contribution in [1.29, 1.82) is 0 Å². The number of hydrogen-bond donors (Lipinski definition) is 2. The number of aromatic amines is 1. The number of amides is 2. The van der Waals surface area contributed by atoms with Crippen molar-refractivity contribution >= 4 is 6.03 Å². The van der Waals surface area contributed by atoms with Crippen molar-refractivity contribution in [3.8, 4) is 0 Å². The normalized spacial score (nSPS) is 28.9. The Morgan fingerprint density at radius 2 is 2.00 bits per heavy atom. The maximum atomic E-state index is 13.0. The monoisotopic (exact) mass is 384 g/mol. The Labute approximate surface area is 154 Å². The van der Waals surface area contributed by atoms with Gasteiger partial charge in [-0.15, -0.1) is 0 Å². The molecule has 2 saturated heterocycles. The second-order valence-electron chi connectivity index (χ2n) is 8.77. The Morgan fingerprint density at radius 1 is 1.26 bits per heavy atom. The molecule has 2 amide bonds. The molecule has 1 spiro atoms. The molecular formula is C17H23F3N6O. The van der Waals surface area contributed by atoms with Gasteiger partial charge < -0.3 is 15.1 Å². The van der Waals surface area contributed by atoms with Gasteiger partial charge in [-0.3, -0.25) is 5.10 Å². The molecule has 1 atom stereocenters. The van der Waals surface area contributed by atoms with Crippen LogP contribution < -0.4 is 5.32 Å². The molecule has 7 nitrogen and oxygen atoms in total. The minimum Gasteiger partial charge on any atom is -0.324 e. The van der Waals surface area contributed by atoms with Crippen LogP contribution >= 0.6 is 0 Å². The van der Waals surface area contributed by atoms with Gasteiger partial charge in [0.05, 0.1) is 0 Å². The van der Waals surface area contributed by atoms with E-state index in [-0.39, 0.29) is 36.2 Å². The Morgan fingerprint density at radius 3 is 2.59 bits per heavy atom. The first-order valence-electron chi connectivity index (χ1n) is 9.53. The Bertz CT molecular complexity index is 718. The minimum atomic E-state index is -4.16. The van der Waals surface area contributed by atoms with E-state index in [2.05, 4.69) is 20.5 Å². The molecule has 3 heterocycles. The molecule has 4 aliphatic rings. The molecule has 2 saturated carbocycles. The first-order chi connectivity index (χ1) is 12.8. The summed E-state index contributed by atoms with van der Waals surface area (Å²) < 4.78 is 39.1. The number of carbonyl (C=O) groups is 1. The van der Waals surface area contributed by atoms with Crippen LogP contribution in [-0.4, -0.2) is 74.9 Å². The highest BCUT2D eigenvalue weighted by atomic mass is 19.4. The van der Waals surface area contributed by atoms with Crippen LogP contribution in [0.25, 0.3) is 0 Å². The van der Waals surface area contributed by atoms with Crippen molar-refractivity contribution in [1.82, 2.24) is 30.3 Å². The molecule has 10 heteroatoms. The summed E-state index contributed by atoms with van der Waals surface area (Å²) in [5, 5.41) is 9.56. The molecule has 27 heavy (non-hydrogen) atoms. The van der Waals surface area contributed by atoms with Crippen LogP contribution in [0.3, 0.4) is 0 Å². The standard InChI is InChI=1S/C17H23F3N6O/c18-17(19,20)16(2-3-16)23-12-5-15(6-12)8-26(9-15)14(27)25-4-1-11(7-25)13-21-10-22-24-13/h10-12,23H,1-9H2,(H,21,22,24)/t11-/m0/s1. The van der Waals surface area contributed by atoms with Gasteiger partial charge in [-0.2, -0.15) is 18.3 Å². The summed E-state index contributed by atoms with van der Waals surface area (Å²) in [5.74, 6) is 1.01. The molecule has 148 valence electrons. The average molecular weight is 384 g/mol. The predicted molar refractivity (Wildman–Crippen MR) is 88.9 cm³/mol. The Balaban J connectivity index is 1.09. The SMILES string of the molecule is O=C(N1CC[C@H](c2ncn[nH]2)C1)N1CC2(CC(NC3(C(F)(F)F)CC3)C2)C1. The number of halogens is 3. The van der Waals surface area contributed by atoms with Gasteiger partial charge in [0.2, 0.25) is 0 Å². The Kier molecular flexibility index (Phi) is 3.57. The van der Waals surface area contributed by atoms with Crippen LogP contribution in [0.5, 0.6) is 0 Å². The third-order valence-corrected chi connectivity index (χ3v) is 6.73. The van der Waals surface area contributed by atoms with Crippen LogP contribution in [0.15, 0.2) is 6.33 Å². The van der Waals surface area contributed by atoms with E-state index in [1.807, 2.05) is 9.80 Å². The molecule has 1 aromatic rings. The lowest BCUT2D eigenvalue weighted by atomic mass is 9.60. The summed E-state index contributed by atoms with van der Waals surface area (Å²) in [6, 6.07) is -0.0398. The zero-order chi connectivity index (χ0) is 18.9. The topological polar surface area (TPSA) is 77.2 Å². The fraction of sp³-hybridized carbons (Fsp3) is 0.824. The van der Waals surface area contributed by atoms with Crippen LogP contribution in [0.2, 0.25) is 0 Å². The number of carbonyl (C=O) groups excluding carboxylic acids is 1. The predicted octanol–water partition coefficient (Wildman–Crippen LogP) is 1.86. The molecule has 0 aromatic carbocycles. The van der Waals surface area contributed by atoms with Crippen molar-refractivity contribution in [2.24, 2.45) is 5.41 Å². The molecule has 1 aromatic heterocycles. The lowest BCUT2D eigenvalue weighted by Crippen LogP contribution is -2.70. The summed E-state index contributed by atoms with van der Waals surface area (Å²) in [6.07, 6.45) is 0.0195. The third kappa shape index (κ3) is 2.79. The molecule has 0 unspecified atom stereocenters.